The zero-order valence-corrected chi connectivity index (χ0v) is 16.6. The number of hydrogen-bond acceptors (Lipinski definition) is 3. The summed E-state index contributed by atoms with van der Waals surface area (Å²) in [5, 5.41) is 0. The predicted molar refractivity (Wildman–Crippen MR) is 115 cm³/mol. The first-order valence-corrected chi connectivity index (χ1v) is 10.5. The molecule has 0 radical (unpaired) electrons. The van der Waals surface area contributed by atoms with Crippen LogP contribution in [0.5, 0.6) is 0 Å². The molecule has 3 aromatic rings. The Morgan fingerprint density at radius 3 is 1.81 bits per heavy atom. The predicted octanol–water partition coefficient (Wildman–Crippen LogP) is 6.88. The molecule has 0 spiro atoms. The third-order valence-corrected chi connectivity index (χ3v) is 5.83. The molecule has 0 aliphatic carbocycles. The maximum Gasteiger partial charge on any atom is 0.0366 e. The smallest absolute Gasteiger partial charge is 0.0366 e. The lowest BCUT2D eigenvalue weighted by Crippen LogP contribution is -2.25. The van der Waals surface area contributed by atoms with Gasteiger partial charge < -0.3 is 4.90 Å². The number of thiophene rings is 1. The number of anilines is 1. The van der Waals surface area contributed by atoms with Crippen LogP contribution >= 0.6 is 11.3 Å². The van der Waals surface area contributed by atoms with Gasteiger partial charge in [-0.25, -0.2) is 0 Å². The highest BCUT2D eigenvalue weighted by Crippen LogP contribution is 2.34. The van der Waals surface area contributed by atoms with Crippen LogP contribution in [0.2, 0.25) is 0 Å². The standard InChI is InChI=1S/C23H28N2S/c1-3-5-17-25(18-6-4-2)21-9-7-19(8-10-21)22-11-12-23(26-22)20-13-15-24-16-14-20/h7-16H,3-6,17-18H2,1-2H3. The quantitative estimate of drug-likeness (QED) is 0.411. The van der Waals surface area contributed by atoms with E-state index in [0.717, 1.165) is 13.1 Å². The molecular weight excluding hydrogens is 336 g/mol. The first kappa shape index (κ1) is 18.7. The third-order valence-electron chi connectivity index (χ3n) is 4.65. The normalized spacial score (nSPS) is 10.8. The van der Waals surface area contributed by atoms with E-state index in [1.807, 2.05) is 23.7 Å². The van der Waals surface area contributed by atoms with Gasteiger partial charge in [-0.3, -0.25) is 4.98 Å². The lowest BCUT2D eigenvalue weighted by atomic mass is 10.1. The summed E-state index contributed by atoms with van der Waals surface area (Å²) in [7, 11) is 0. The molecule has 0 amide bonds. The van der Waals surface area contributed by atoms with E-state index in [1.165, 1.54) is 52.3 Å². The number of pyridine rings is 1. The third kappa shape index (κ3) is 4.73. The van der Waals surface area contributed by atoms with Gasteiger partial charge in [0.25, 0.3) is 0 Å². The first-order chi connectivity index (χ1) is 12.8. The van der Waals surface area contributed by atoms with E-state index >= 15 is 0 Å². The number of hydrogen-bond donors (Lipinski definition) is 0. The molecule has 0 saturated carbocycles. The van der Waals surface area contributed by atoms with Crippen LogP contribution in [0.3, 0.4) is 0 Å². The van der Waals surface area contributed by atoms with Crippen molar-refractivity contribution in [2.45, 2.75) is 39.5 Å². The molecule has 0 fully saturated rings. The molecule has 3 heteroatoms. The average molecular weight is 365 g/mol. The van der Waals surface area contributed by atoms with Crippen LogP contribution in [0.1, 0.15) is 39.5 Å². The Kier molecular flexibility index (Phi) is 6.84. The van der Waals surface area contributed by atoms with Crippen molar-refractivity contribution >= 4 is 17.0 Å². The van der Waals surface area contributed by atoms with Crippen LogP contribution in [-0.2, 0) is 0 Å². The highest BCUT2D eigenvalue weighted by atomic mass is 32.1. The monoisotopic (exact) mass is 364 g/mol. The highest BCUT2D eigenvalue weighted by molar-refractivity contribution is 7.18. The van der Waals surface area contributed by atoms with Crippen LogP contribution in [0, 0.1) is 0 Å². The van der Waals surface area contributed by atoms with Gasteiger partial charge in [0.05, 0.1) is 0 Å². The maximum atomic E-state index is 4.10. The van der Waals surface area contributed by atoms with Crippen LogP contribution in [0.15, 0.2) is 60.9 Å². The Hall–Kier alpha value is -2.13. The molecule has 0 saturated heterocycles. The van der Waals surface area contributed by atoms with Gasteiger partial charge >= 0.3 is 0 Å². The summed E-state index contributed by atoms with van der Waals surface area (Å²) in [6.45, 7) is 6.83. The lowest BCUT2D eigenvalue weighted by Gasteiger charge is -2.24. The van der Waals surface area contributed by atoms with Crippen molar-refractivity contribution in [3.8, 4) is 20.9 Å². The van der Waals surface area contributed by atoms with Crippen molar-refractivity contribution in [3.05, 3.63) is 60.9 Å². The molecule has 0 unspecified atom stereocenters. The van der Waals surface area contributed by atoms with E-state index in [0.29, 0.717) is 0 Å². The maximum absolute atomic E-state index is 4.10. The first-order valence-electron chi connectivity index (χ1n) is 9.67. The molecule has 1 aromatic carbocycles. The molecule has 2 heterocycles. The summed E-state index contributed by atoms with van der Waals surface area (Å²) in [5.41, 5.74) is 3.88. The van der Waals surface area contributed by atoms with Gasteiger partial charge in [0.2, 0.25) is 0 Å². The zero-order valence-electron chi connectivity index (χ0n) is 15.8. The summed E-state index contributed by atoms with van der Waals surface area (Å²) < 4.78 is 0. The van der Waals surface area contributed by atoms with Crippen LogP contribution in [0.25, 0.3) is 20.9 Å². The molecule has 0 aliphatic heterocycles. The Morgan fingerprint density at radius 2 is 1.27 bits per heavy atom. The number of unbranched alkanes of at least 4 members (excludes halogenated alkanes) is 2. The van der Waals surface area contributed by atoms with Gasteiger partial charge in [0, 0.05) is 40.9 Å². The van der Waals surface area contributed by atoms with Gasteiger partial charge in [-0.05, 0) is 60.4 Å². The van der Waals surface area contributed by atoms with Crippen LogP contribution in [-0.4, -0.2) is 18.1 Å². The fourth-order valence-electron chi connectivity index (χ4n) is 3.07. The van der Waals surface area contributed by atoms with Crippen molar-refractivity contribution in [1.82, 2.24) is 4.98 Å². The second-order valence-corrected chi connectivity index (χ2v) is 7.72. The molecule has 0 aliphatic rings. The van der Waals surface area contributed by atoms with Crippen LogP contribution in [0.4, 0.5) is 5.69 Å². The van der Waals surface area contributed by atoms with Gasteiger partial charge in [-0.1, -0.05) is 38.8 Å². The number of benzene rings is 1. The minimum Gasteiger partial charge on any atom is -0.372 e. The Bertz CT molecular complexity index is 769. The molecule has 2 nitrogen and oxygen atoms in total. The molecular formula is C23H28N2S. The van der Waals surface area contributed by atoms with Crippen molar-refractivity contribution < 1.29 is 0 Å². The highest BCUT2D eigenvalue weighted by Gasteiger charge is 2.08. The van der Waals surface area contributed by atoms with Crippen LogP contribution < -0.4 is 4.90 Å². The average Bonchev–Trinajstić information content (AvgIpc) is 3.19. The lowest BCUT2D eigenvalue weighted by molar-refractivity contribution is 0.678. The topological polar surface area (TPSA) is 16.1 Å². The molecule has 3 rings (SSSR count). The second-order valence-electron chi connectivity index (χ2n) is 6.64. The van der Waals surface area contributed by atoms with E-state index < -0.39 is 0 Å². The van der Waals surface area contributed by atoms with Crippen molar-refractivity contribution in [3.63, 3.8) is 0 Å². The molecule has 2 aromatic heterocycles. The van der Waals surface area contributed by atoms with Crippen molar-refractivity contribution in [2.75, 3.05) is 18.0 Å². The van der Waals surface area contributed by atoms with E-state index in [-0.39, 0.29) is 0 Å². The largest absolute Gasteiger partial charge is 0.372 e. The number of nitrogens with zero attached hydrogens (tertiary/aromatic N) is 2. The minimum atomic E-state index is 1.15. The fraction of sp³-hybridized carbons (Fsp3) is 0.348. The van der Waals surface area contributed by atoms with E-state index in [4.69, 9.17) is 0 Å². The van der Waals surface area contributed by atoms with Crippen molar-refractivity contribution in [2.24, 2.45) is 0 Å². The summed E-state index contributed by atoms with van der Waals surface area (Å²) in [6.07, 6.45) is 8.70. The summed E-state index contributed by atoms with van der Waals surface area (Å²) >= 11 is 1.84. The van der Waals surface area contributed by atoms with E-state index in [2.05, 4.69) is 72.3 Å². The summed E-state index contributed by atoms with van der Waals surface area (Å²) in [4.78, 5) is 9.25. The Labute approximate surface area is 161 Å². The molecule has 26 heavy (non-hydrogen) atoms. The van der Waals surface area contributed by atoms with Gasteiger partial charge in [0.15, 0.2) is 0 Å². The van der Waals surface area contributed by atoms with Gasteiger partial charge in [-0.15, -0.1) is 11.3 Å². The SMILES string of the molecule is CCCCN(CCCC)c1ccc(-c2ccc(-c3ccncc3)s2)cc1. The molecule has 0 atom stereocenters. The zero-order chi connectivity index (χ0) is 18.2. The summed E-state index contributed by atoms with van der Waals surface area (Å²) in [5.74, 6) is 0. The summed E-state index contributed by atoms with van der Waals surface area (Å²) in [6, 6.07) is 17.7. The van der Waals surface area contributed by atoms with E-state index in [1.54, 1.807) is 0 Å². The van der Waals surface area contributed by atoms with Crippen molar-refractivity contribution in [1.29, 1.82) is 0 Å². The number of rotatable bonds is 9. The second kappa shape index (κ2) is 9.54. The fourth-order valence-corrected chi connectivity index (χ4v) is 4.09. The Balaban J connectivity index is 1.75. The number of aromatic nitrogens is 1. The molecule has 0 N–H and O–H groups in total. The minimum absolute atomic E-state index is 1.15. The van der Waals surface area contributed by atoms with Gasteiger partial charge in [-0.2, -0.15) is 0 Å². The molecule has 0 bridgehead atoms. The van der Waals surface area contributed by atoms with Gasteiger partial charge in [0.1, 0.15) is 0 Å². The molecule has 136 valence electrons. The Morgan fingerprint density at radius 1 is 0.731 bits per heavy atom. The van der Waals surface area contributed by atoms with E-state index in [9.17, 15) is 0 Å².